The zero-order valence-electron chi connectivity index (χ0n) is 20.4. The van der Waals surface area contributed by atoms with Gasteiger partial charge in [0.2, 0.25) is 0 Å². The molecule has 3 aliphatic rings. The highest BCUT2D eigenvalue weighted by molar-refractivity contribution is 6.42. The smallest absolute Gasteiger partial charge is 0.135 e. The molecule has 1 aliphatic carbocycles. The van der Waals surface area contributed by atoms with Gasteiger partial charge in [-0.1, -0.05) is 36.2 Å². The molecule has 194 valence electrons. The first-order valence-electron chi connectivity index (χ1n) is 12.7. The molecule has 4 atom stereocenters. The molecular weight excluding hydrogens is 501 g/mol. The van der Waals surface area contributed by atoms with E-state index in [1.807, 2.05) is 6.07 Å². The van der Waals surface area contributed by atoms with Gasteiger partial charge in [0.25, 0.3) is 0 Å². The molecule has 0 bridgehead atoms. The Kier molecular flexibility index (Phi) is 7.81. The number of carbonyl (C=O) groups excluding carboxylic acids is 1. The van der Waals surface area contributed by atoms with Crippen LogP contribution in [0, 0.1) is 0 Å². The van der Waals surface area contributed by atoms with E-state index in [4.69, 9.17) is 23.2 Å². The fourth-order valence-corrected chi connectivity index (χ4v) is 6.34. The summed E-state index contributed by atoms with van der Waals surface area (Å²) in [6.45, 7) is 6.60. The molecule has 3 heterocycles. The van der Waals surface area contributed by atoms with E-state index in [1.165, 1.54) is 0 Å². The molecule has 0 radical (unpaired) electrons. The summed E-state index contributed by atoms with van der Waals surface area (Å²) >= 11 is 12.5. The Hall–Kier alpha value is -1.81. The van der Waals surface area contributed by atoms with Gasteiger partial charge in [-0.3, -0.25) is 9.80 Å². The molecule has 0 amide bonds. The van der Waals surface area contributed by atoms with Crippen molar-refractivity contribution in [2.75, 3.05) is 44.2 Å². The topological polar surface area (TPSA) is 93.0 Å². The molecule has 1 aromatic heterocycles. The summed E-state index contributed by atoms with van der Waals surface area (Å²) in [5, 5.41) is 21.4. The van der Waals surface area contributed by atoms with Crippen molar-refractivity contribution in [1.82, 2.24) is 19.8 Å². The standard InChI is InChI=1S/C26H33Cl2N5O3/c1-16-12-22(36)24-23(16)25(30-15-29-24)31-8-10-33(11-9-31)26(32-6-4-18(35)5-7-32)19(14-34)17-2-3-20(27)21(28)13-17/h2-3,13-16,18-19,22,26,35-36H,4-12H2,1H3/t16-,19?,22-,26?/m1/s1. The Bertz CT molecular complexity index is 1090. The molecule has 2 fully saturated rings. The molecule has 0 saturated carbocycles. The molecule has 10 heteroatoms. The Morgan fingerprint density at radius 2 is 1.69 bits per heavy atom. The molecule has 2 aliphatic heterocycles. The number of benzene rings is 1. The minimum atomic E-state index is -0.531. The van der Waals surface area contributed by atoms with Crippen molar-refractivity contribution in [1.29, 1.82) is 0 Å². The normalized spacial score (nSPS) is 25.5. The number of aliphatic hydroxyl groups excluding tert-OH is 2. The molecule has 2 unspecified atom stereocenters. The summed E-state index contributed by atoms with van der Waals surface area (Å²) in [5.74, 6) is 0.726. The number of nitrogens with zero attached hydrogens (tertiary/aromatic N) is 5. The average Bonchev–Trinajstić information content (AvgIpc) is 3.18. The van der Waals surface area contributed by atoms with Crippen molar-refractivity contribution in [3.8, 4) is 0 Å². The van der Waals surface area contributed by atoms with Crippen LogP contribution in [0.2, 0.25) is 10.0 Å². The summed E-state index contributed by atoms with van der Waals surface area (Å²) in [6, 6.07) is 5.42. The number of rotatable bonds is 6. The lowest BCUT2D eigenvalue weighted by Crippen LogP contribution is -2.60. The second kappa shape index (κ2) is 10.9. The number of aromatic nitrogens is 2. The van der Waals surface area contributed by atoms with Crippen LogP contribution in [0.1, 0.15) is 60.9 Å². The Morgan fingerprint density at radius 1 is 1.00 bits per heavy atom. The first-order chi connectivity index (χ1) is 17.4. The van der Waals surface area contributed by atoms with E-state index in [2.05, 4.69) is 31.6 Å². The average molecular weight is 534 g/mol. The molecule has 5 rings (SSSR count). The van der Waals surface area contributed by atoms with Crippen LogP contribution < -0.4 is 4.90 Å². The number of hydrogen-bond donors (Lipinski definition) is 2. The van der Waals surface area contributed by atoms with E-state index >= 15 is 0 Å². The van der Waals surface area contributed by atoms with Crippen molar-refractivity contribution in [3.05, 3.63) is 51.4 Å². The maximum Gasteiger partial charge on any atom is 0.135 e. The Balaban J connectivity index is 1.39. The Morgan fingerprint density at radius 3 is 2.36 bits per heavy atom. The number of fused-ring (bicyclic) bond motifs is 1. The summed E-state index contributed by atoms with van der Waals surface area (Å²) in [6.07, 6.45) is 3.65. The summed E-state index contributed by atoms with van der Waals surface area (Å²) in [4.78, 5) is 28.5. The van der Waals surface area contributed by atoms with Crippen molar-refractivity contribution in [2.45, 2.75) is 56.4 Å². The van der Waals surface area contributed by atoms with Gasteiger partial charge in [0.05, 0.1) is 40.0 Å². The third-order valence-electron chi connectivity index (χ3n) is 7.94. The van der Waals surface area contributed by atoms with E-state index in [1.54, 1.807) is 18.5 Å². The SMILES string of the molecule is C[C@@H]1C[C@@H](O)c2ncnc(N3CCN(C(C(C=O)c4ccc(Cl)c(Cl)c4)N4CCC(O)CC4)CC3)c21. The molecule has 1 aromatic carbocycles. The largest absolute Gasteiger partial charge is 0.393 e. The van der Waals surface area contributed by atoms with Crippen molar-refractivity contribution in [3.63, 3.8) is 0 Å². The molecule has 2 saturated heterocycles. The van der Waals surface area contributed by atoms with E-state index in [0.717, 1.165) is 68.2 Å². The monoisotopic (exact) mass is 533 g/mol. The van der Waals surface area contributed by atoms with Crippen LogP contribution in [0.25, 0.3) is 0 Å². The highest BCUT2D eigenvalue weighted by atomic mass is 35.5. The lowest BCUT2D eigenvalue weighted by Gasteiger charge is -2.48. The van der Waals surface area contributed by atoms with Gasteiger partial charge in [-0.2, -0.15) is 0 Å². The minimum Gasteiger partial charge on any atom is -0.393 e. The summed E-state index contributed by atoms with van der Waals surface area (Å²) in [7, 11) is 0. The van der Waals surface area contributed by atoms with Crippen LogP contribution in [0.3, 0.4) is 0 Å². The van der Waals surface area contributed by atoms with Gasteiger partial charge in [-0.25, -0.2) is 9.97 Å². The number of piperazine rings is 1. The van der Waals surface area contributed by atoms with Crippen molar-refractivity contribution < 1.29 is 15.0 Å². The van der Waals surface area contributed by atoms with Gasteiger partial charge < -0.3 is 19.9 Å². The van der Waals surface area contributed by atoms with E-state index in [-0.39, 0.29) is 18.2 Å². The lowest BCUT2D eigenvalue weighted by molar-refractivity contribution is -0.114. The number of halogens is 2. The third-order valence-corrected chi connectivity index (χ3v) is 8.68. The fraction of sp³-hybridized carbons (Fsp3) is 0.577. The molecule has 8 nitrogen and oxygen atoms in total. The van der Waals surface area contributed by atoms with Gasteiger partial charge in [0, 0.05) is 44.8 Å². The number of piperidine rings is 1. The molecule has 2 aromatic rings. The molecular formula is C26H33Cl2N5O3. The number of carbonyl (C=O) groups is 1. The van der Waals surface area contributed by atoms with Gasteiger partial charge >= 0.3 is 0 Å². The van der Waals surface area contributed by atoms with E-state index in [9.17, 15) is 15.0 Å². The minimum absolute atomic E-state index is 0.147. The second-order valence-corrected chi connectivity index (χ2v) is 11.0. The maximum absolute atomic E-state index is 12.5. The fourth-order valence-electron chi connectivity index (χ4n) is 6.03. The first kappa shape index (κ1) is 25.8. The number of anilines is 1. The third kappa shape index (κ3) is 4.99. The van der Waals surface area contributed by atoms with E-state index < -0.39 is 12.0 Å². The van der Waals surface area contributed by atoms with Crippen LogP contribution in [-0.4, -0.2) is 87.8 Å². The number of likely N-dealkylation sites (tertiary alicyclic amines) is 1. The van der Waals surface area contributed by atoms with Crippen LogP contribution in [-0.2, 0) is 4.79 Å². The van der Waals surface area contributed by atoms with Crippen LogP contribution >= 0.6 is 23.2 Å². The quantitative estimate of drug-likeness (QED) is 0.546. The highest BCUT2D eigenvalue weighted by Gasteiger charge is 2.39. The summed E-state index contributed by atoms with van der Waals surface area (Å²) in [5.41, 5.74) is 2.65. The first-order valence-corrected chi connectivity index (χ1v) is 13.5. The Labute approximate surface area is 221 Å². The maximum atomic E-state index is 12.5. The van der Waals surface area contributed by atoms with Crippen molar-refractivity contribution in [2.24, 2.45) is 0 Å². The zero-order valence-corrected chi connectivity index (χ0v) is 21.9. The summed E-state index contributed by atoms with van der Waals surface area (Å²) < 4.78 is 0. The number of aliphatic hydroxyl groups is 2. The highest BCUT2D eigenvalue weighted by Crippen LogP contribution is 2.43. The van der Waals surface area contributed by atoms with Crippen LogP contribution in [0.15, 0.2) is 24.5 Å². The predicted molar refractivity (Wildman–Crippen MR) is 140 cm³/mol. The number of aldehydes is 1. The predicted octanol–water partition coefficient (Wildman–Crippen LogP) is 3.21. The molecule has 2 N–H and O–H groups in total. The zero-order chi connectivity index (χ0) is 25.4. The second-order valence-electron chi connectivity index (χ2n) is 10.2. The van der Waals surface area contributed by atoms with Gasteiger partial charge in [0.1, 0.15) is 18.4 Å². The number of hydrogen-bond acceptors (Lipinski definition) is 8. The van der Waals surface area contributed by atoms with Gasteiger partial charge in [-0.05, 0) is 42.9 Å². The van der Waals surface area contributed by atoms with Crippen molar-refractivity contribution >= 4 is 35.3 Å². The van der Waals surface area contributed by atoms with Crippen LogP contribution in [0.4, 0.5) is 5.82 Å². The van der Waals surface area contributed by atoms with Gasteiger partial charge in [0.15, 0.2) is 0 Å². The van der Waals surface area contributed by atoms with E-state index in [0.29, 0.717) is 29.3 Å². The van der Waals surface area contributed by atoms with Crippen LogP contribution in [0.5, 0.6) is 0 Å². The van der Waals surface area contributed by atoms with Gasteiger partial charge in [-0.15, -0.1) is 0 Å². The lowest BCUT2D eigenvalue weighted by atomic mass is 9.93. The molecule has 36 heavy (non-hydrogen) atoms. The molecule has 0 spiro atoms.